The zero-order chi connectivity index (χ0) is 9.26. The molecule has 2 aliphatic rings. The van der Waals surface area contributed by atoms with E-state index in [0.29, 0.717) is 17.8 Å². The molecule has 1 fully saturated rings. The van der Waals surface area contributed by atoms with Gasteiger partial charge < -0.3 is 15.9 Å². The first-order valence-electron chi connectivity index (χ1n) is 4.58. The molecule has 4 nitrogen and oxygen atoms in total. The molecule has 1 unspecified atom stereocenters. The fraction of sp³-hybridized carbons (Fsp3) is 0.750. The lowest BCUT2D eigenvalue weighted by atomic mass is 9.91. The van der Waals surface area contributed by atoms with Gasteiger partial charge in [-0.25, -0.2) is 0 Å². The fourth-order valence-electron chi connectivity index (χ4n) is 1.91. The lowest BCUT2D eigenvalue weighted by Gasteiger charge is -2.28. The van der Waals surface area contributed by atoms with Crippen LogP contribution < -0.4 is 11.1 Å². The SMILES string of the molecule is NC1=CC(C2CCNCC2)N(I)O1. The molecule has 0 aliphatic carbocycles. The van der Waals surface area contributed by atoms with Gasteiger partial charge in [0.2, 0.25) is 5.88 Å². The third-order valence-corrected chi connectivity index (χ3v) is 3.47. The van der Waals surface area contributed by atoms with Crippen molar-refractivity contribution in [3.63, 3.8) is 0 Å². The average molecular weight is 295 g/mol. The molecule has 3 N–H and O–H groups in total. The highest BCUT2D eigenvalue weighted by molar-refractivity contribution is 14.1. The number of hydroxylamine groups is 1. The number of halogens is 1. The molecule has 0 amide bonds. The van der Waals surface area contributed by atoms with Crippen LogP contribution in [0.15, 0.2) is 12.0 Å². The van der Waals surface area contributed by atoms with Crippen LogP contribution in [-0.4, -0.2) is 22.4 Å². The third kappa shape index (κ3) is 2.08. The lowest BCUT2D eigenvalue weighted by Crippen LogP contribution is -2.37. The summed E-state index contributed by atoms with van der Waals surface area (Å²) in [5, 5.41) is 3.35. The van der Waals surface area contributed by atoms with Gasteiger partial charge in [0.05, 0.1) is 28.9 Å². The van der Waals surface area contributed by atoms with Gasteiger partial charge in [0, 0.05) is 0 Å². The summed E-state index contributed by atoms with van der Waals surface area (Å²) in [6, 6.07) is 0.364. The molecule has 2 rings (SSSR count). The van der Waals surface area contributed by atoms with Gasteiger partial charge in [-0.2, -0.15) is 0 Å². The van der Waals surface area contributed by atoms with E-state index in [1.165, 1.54) is 12.8 Å². The minimum atomic E-state index is 0.364. The Kier molecular flexibility index (Phi) is 2.95. The van der Waals surface area contributed by atoms with Gasteiger partial charge >= 0.3 is 0 Å². The standard InChI is InChI=1S/C8H14IN3O/c9-12-7(5-8(10)13-12)6-1-3-11-4-2-6/h5-7,11H,1-4,10H2. The van der Waals surface area contributed by atoms with Crippen LogP contribution in [0.1, 0.15) is 12.8 Å². The minimum absolute atomic E-state index is 0.364. The molecule has 0 aromatic rings. The van der Waals surface area contributed by atoms with E-state index in [-0.39, 0.29) is 0 Å². The van der Waals surface area contributed by atoms with Gasteiger partial charge in [0.1, 0.15) is 0 Å². The second-order valence-electron chi connectivity index (χ2n) is 3.51. The van der Waals surface area contributed by atoms with Crippen LogP contribution in [0.4, 0.5) is 0 Å². The Balaban J connectivity index is 1.98. The minimum Gasteiger partial charge on any atom is -0.378 e. The Labute approximate surface area is 91.9 Å². The Hall–Kier alpha value is -0.0100. The van der Waals surface area contributed by atoms with E-state index in [1.807, 2.05) is 9.35 Å². The van der Waals surface area contributed by atoms with Crippen LogP contribution in [0.25, 0.3) is 0 Å². The summed E-state index contributed by atoms with van der Waals surface area (Å²) in [5.41, 5.74) is 5.60. The summed E-state index contributed by atoms with van der Waals surface area (Å²) in [4.78, 5) is 5.27. The molecule has 74 valence electrons. The zero-order valence-electron chi connectivity index (χ0n) is 7.37. The van der Waals surface area contributed by atoms with Crippen molar-refractivity contribution in [2.75, 3.05) is 13.1 Å². The fourth-order valence-corrected chi connectivity index (χ4v) is 2.75. The normalized spacial score (nSPS) is 31.5. The van der Waals surface area contributed by atoms with Crippen LogP contribution in [0.2, 0.25) is 0 Å². The molecule has 0 aromatic heterocycles. The van der Waals surface area contributed by atoms with E-state index in [2.05, 4.69) is 28.2 Å². The highest BCUT2D eigenvalue weighted by Gasteiger charge is 2.32. The van der Waals surface area contributed by atoms with E-state index in [9.17, 15) is 0 Å². The first kappa shape index (κ1) is 9.54. The average Bonchev–Trinajstić information content (AvgIpc) is 2.47. The number of hydrogen-bond donors (Lipinski definition) is 2. The Morgan fingerprint density at radius 2 is 2.23 bits per heavy atom. The third-order valence-electron chi connectivity index (χ3n) is 2.63. The molecule has 5 heteroatoms. The van der Waals surface area contributed by atoms with Crippen molar-refractivity contribution in [1.82, 2.24) is 8.59 Å². The molecule has 1 saturated heterocycles. The largest absolute Gasteiger partial charge is 0.378 e. The number of rotatable bonds is 1. The van der Waals surface area contributed by atoms with E-state index in [0.717, 1.165) is 13.1 Å². The number of nitrogens with zero attached hydrogens (tertiary/aromatic N) is 1. The summed E-state index contributed by atoms with van der Waals surface area (Å²) in [7, 11) is 0. The number of nitrogens with two attached hydrogens (primary N) is 1. The van der Waals surface area contributed by atoms with Gasteiger partial charge in [0.15, 0.2) is 0 Å². The molecule has 13 heavy (non-hydrogen) atoms. The van der Waals surface area contributed by atoms with Crippen LogP contribution in [-0.2, 0) is 4.84 Å². The summed E-state index contributed by atoms with van der Waals surface area (Å²) in [6.07, 6.45) is 4.43. The van der Waals surface area contributed by atoms with Crippen molar-refractivity contribution in [1.29, 1.82) is 0 Å². The second kappa shape index (κ2) is 4.02. The Morgan fingerprint density at radius 3 is 2.77 bits per heavy atom. The molecule has 2 aliphatic heterocycles. The number of hydrogen-bond acceptors (Lipinski definition) is 4. The number of piperidine rings is 1. The second-order valence-corrected chi connectivity index (χ2v) is 4.46. The van der Waals surface area contributed by atoms with E-state index < -0.39 is 0 Å². The van der Waals surface area contributed by atoms with Crippen LogP contribution in [0.5, 0.6) is 0 Å². The van der Waals surface area contributed by atoms with Crippen molar-refractivity contribution in [2.45, 2.75) is 18.9 Å². The van der Waals surface area contributed by atoms with Crippen molar-refractivity contribution in [2.24, 2.45) is 11.7 Å². The Bertz CT molecular complexity index is 215. The van der Waals surface area contributed by atoms with Crippen molar-refractivity contribution >= 4 is 22.9 Å². The van der Waals surface area contributed by atoms with E-state index in [1.54, 1.807) is 0 Å². The van der Waals surface area contributed by atoms with Crippen molar-refractivity contribution in [3.05, 3.63) is 12.0 Å². The zero-order valence-corrected chi connectivity index (χ0v) is 9.53. The van der Waals surface area contributed by atoms with Crippen LogP contribution >= 0.6 is 22.9 Å². The molecule has 0 saturated carbocycles. The quantitative estimate of drug-likeness (QED) is 0.554. The van der Waals surface area contributed by atoms with E-state index >= 15 is 0 Å². The van der Waals surface area contributed by atoms with E-state index in [4.69, 9.17) is 10.6 Å². The van der Waals surface area contributed by atoms with Gasteiger partial charge in [0.25, 0.3) is 0 Å². The van der Waals surface area contributed by atoms with Gasteiger partial charge in [-0.05, 0) is 37.9 Å². The molecule has 2 heterocycles. The van der Waals surface area contributed by atoms with Gasteiger partial charge in [-0.15, -0.1) is 0 Å². The highest BCUT2D eigenvalue weighted by atomic mass is 127. The first-order chi connectivity index (χ1) is 6.27. The summed E-state index contributed by atoms with van der Waals surface area (Å²) in [5.74, 6) is 1.22. The van der Waals surface area contributed by atoms with Crippen LogP contribution in [0, 0.1) is 5.92 Å². The highest BCUT2D eigenvalue weighted by Crippen LogP contribution is 2.29. The monoisotopic (exact) mass is 295 g/mol. The molecule has 0 aromatic carbocycles. The summed E-state index contributed by atoms with van der Waals surface area (Å²) >= 11 is 2.17. The maximum Gasteiger partial charge on any atom is 0.208 e. The smallest absolute Gasteiger partial charge is 0.208 e. The van der Waals surface area contributed by atoms with Crippen molar-refractivity contribution in [3.8, 4) is 0 Å². The van der Waals surface area contributed by atoms with Gasteiger partial charge in [-0.3, -0.25) is 0 Å². The maximum atomic E-state index is 5.60. The molecule has 0 spiro atoms. The molecular weight excluding hydrogens is 281 g/mol. The topological polar surface area (TPSA) is 50.5 Å². The van der Waals surface area contributed by atoms with Crippen molar-refractivity contribution < 1.29 is 4.84 Å². The lowest BCUT2D eigenvalue weighted by molar-refractivity contribution is -0.0162. The molecule has 0 radical (unpaired) electrons. The van der Waals surface area contributed by atoms with Gasteiger partial charge in [-0.1, -0.05) is 3.28 Å². The summed E-state index contributed by atoms with van der Waals surface area (Å²) < 4.78 is 1.84. The predicted octanol–water partition coefficient (Wildman–Crippen LogP) is 0.752. The number of nitrogens with one attached hydrogen (secondary N) is 1. The first-order valence-corrected chi connectivity index (χ1v) is 5.55. The summed E-state index contributed by atoms with van der Waals surface area (Å²) in [6.45, 7) is 2.22. The Morgan fingerprint density at radius 1 is 1.54 bits per heavy atom. The predicted molar refractivity (Wildman–Crippen MR) is 58.6 cm³/mol. The van der Waals surface area contributed by atoms with Crippen LogP contribution in [0.3, 0.4) is 0 Å². The molecular formula is C8H14IN3O. The maximum absolute atomic E-state index is 5.60. The molecule has 1 atom stereocenters. The molecule has 0 bridgehead atoms.